The molecule has 21 heavy (non-hydrogen) atoms. The van der Waals surface area contributed by atoms with E-state index < -0.39 is 10.0 Å². The van der Waals surface area contributed by atoms with Crippen LogP contribution >= 0.6 is 11.6 Å². The van der Waals surface area contributed by atoms with Crippen LogP contribution in [-0.4, -0.2) is 23.1 Å². The third-order valence-corrected chi connectivity index (χ3v) is 4.37. The van der Waals surface area contributed by atoms with Crippen molar-refractivity contribution < 1.29 is 13.5 Å². The average molecular weight is 330 g/mol. The van der Waals surface area contributed by atoms with Crippen LogP contribution in [0, 0.1) is 6.92 Å². The number of phenols is 1. The van der Waals surface area contributed by atoms with E-state index in [9.17, 15) is 13.5 Å². The van der Waals surface area contributed by atoms with Gasteiger partial charge in [0.15, 0.2) is 5.03 Å². The molecule has 0 saturated carbocycles. The highest BCUT2D eigenvalue weighted by Gasteiger charge is 2.20. The normalized spacial score (nSPS) is 11.6. The van der Waals surface area contributed by atoms with Crippen LogP contribution in [0.4, 0.5) is 5.69 Å². The van der Waals surface area contributed by atoms with Crippen LogP contribution in [0.5, 0.6) is 5.75 Å². The number of hydrogen-bond acceptors (Lipinski definition) is 4. The highest BCUT2D eigenvalue weighted by Crippen LogP contribution is 2.28. The van der Waals surface area contributed by atoms with Crippen molar-refractivity contribution in [2.75, 3.05) is 4.72 Å². The third-order valence-electron chi connectivity index (χ3n) is 2.90. The second-order valence-electron chi connectivity index (χ2n) is 4.59. The van der Waals surface area contributed by atoms with Gasteiger partial charge in [0.05, 0.1) is 5.69 Å². The standard InChI is InChI=1S/C13H16ClN3O3S/c1-3-6-17-8-13(15-9(17)2)21(19,20)16-11-5-4-10(14)7-12(11)18/h4-5,7-8,16,18H,3,6H2,1-2H3. The lowest BCUT2D eigenvalue weighted by Gasteiger charge is -2.07. The van der Waals surface area contributed by atoms with Crippen molar-refractivity contribution in [1.82, 2.24) is 9.55 Å². The summed E-state index contributed by atoms with van der Waals surface area (Å²) in [6.07, 6.45) is 2.36. The summed E-state index contributed by atoms with van der Waals surface area (Å²) in [5.74, 6) is 0.383. The molecule has 0 fully saturated rings. The van der Waals surface area contributed by atoms with E-state index in [-0.39, 0.29) is 16.5 Å². The van der Waals surface area contributed by atoms with E-state index >= 15 is 0 Å². The van der Waals surface area contributed by atoms with Gasteiger partial charge in [0, 0.05) is 23.8 Å². The summed E-state index contributed by atoms with van der Waals surface area (Å²) in [5.41, 5.74) is 0.0575. The van der Waals surface area contributed by atoms with Crippen LogP contribution < -0.4 is 4.72 Å². The van der Waals surface area contributed by atoms with Gasteiger partial charge in [0.25, 0.3) is 10.0 Å². The Morgan fingerprint density at radius 1 is 1.43 bits per heavy atom. The fourth-order valence-electron chi connectivity index (χ4n) is 1.86. The first-order valence-electron chi connectivity index (χ1n) is 6.38. The topological polar surface area (TPSA) is 84.2 Å². The number of anilines is 1. The second kappa shape index (κ2) is 5.95. The Bertz CT molecular complexity index is 756. The SMILES string of the molecule is CCCn1cc(S(=O)(=O)Nc2ccc(Cl)cc2O)nc1C. The molecule has 0 aliphatic heterocycles. The van der Waals surface area contributed by atoms with Gasteiger partial charge in [-0.3, -0.25) is 4.72 Å². The molecule has 0 radical (unpaired) electrons. The van der Waals surface area contributed by atoms with E-state index in [2.05, 4.69) is 9.71 Å². The summed E-state index contributed by atoms with van der Waals surface area (Å²) < 4.78 is 28.6. The van der Waals surface area contributed by atoms with Crippen molar-refractivity contribution in [1.29, 1.82) is 0 Å². The van der Waals surface area contributed by atoms with Crippen molar-refractivity contribution >= 4 is 27.3 Å². The summed E-state index contributed by atoms with van der Waals surface area (Å²) >= 11 is 5.71. The highest BCUT2D eigenvalue weighted by atomic mass is 35.5. The number of nitrogens with zero attached hydrogens (tertiary/aromatic N) is 2. The van der Waals surface area contributed by atoms with Crippen molar-refractivity contribution in [3.8, 4) is 5.75 Å². The summed E-state index contributed by atoms with van der Waals surface area (Å²) in [6.45, 7) is 4.44. The number of nitrogens with one attached hydrogen (secondary N) is 1. The Morgan fingerprint density at radius 3 is 2.76 bits per heavy atom. The van der Waals surface area contributed by atoms with E-state index in [0.717, 1.165) is 6.42 Å². The van der Waals surface area contributed by atoms with Gasteiger partial charge in [-0.1, -0.05) is 18.5 Å². The minimum absolute atomic E-state index is 0.0575. The number of aromatic nitrogens is 2. The quantitative estimate of drug-likeness (QED) is 0.826. The molecule has 1 heterocycles. The fourth-order valence-corrected chi connectivity index (χ4v) is 3.12. The molecule has 1 aromatic carbocycles. The number of aryl methyl sites for hydroxylation is 2. The zero-order valence-corrected chi connectivity index (χ0v) is 13.2. The zero-order valence-electron chi connectivity index (χ0n) is 11.7. The average Bonchev–Trinajstić information content (AvgIpc) is 2.76. The van der Waals surface area contributed by atoms with Crippen LogP contribution in [-0.2, 0) is 16.6 Å². The first kappa shape index (κ1) is 15.7. The lowest BCUT2D eigenvalue weighted by atomic mass is 10.3. The molecule has 0 unspecified atom stereocenters. The molecule has 0 aliphatic carbocycles. The Kier molecular flexibility index (Phi) is 4.43. The van der Waals surface area contributed by atoms with E-state index in [0.29, 0.717) is 17.4 Å². The van der Waals surface area contributed by atoms with E-state index in [1.54, 1.807) is 11.5 Å². The van der Waals surface area contributed by atoms with Crippen LogP contribution in [0.15, 0.2) is 29.4 Å². The van der Waals surface area contributed by atoms with Gasteiger partial charge < -0.3 is 9.67 Å². The molecular weight excluding hydrogens is 314 g/mol. The predicted octanol–water partition coefficient (Wildman–Crippen LogP) is 2.76. The largest absolute Gasteiger partial charge is 0.506 e. The Morgan fingerprint density at radius 2 is 2.14 bits per heavy atom. The van der Waals surface area contributed by atoms with Gasteiger partial charge in [0.2, 0.25) is 0 Å². The monoisotopic (exact) mass is 329 g/mol. The maximum Gasteiger partial charge on any atom is 0.281 e. The highest BCUT2D eigenvalue weighted by molar-refractivity contribution is 7.92. The molecule has 0 bridgehead atoms. The molecule has 8 heteroatoms. The second-order valence-corrected chi connectivity index (χ2v) is 6.65. The van der Waals surface area contributed by atoms with Crippen LogP contribution in [0.2, 0.25) is 5.02 Å². The molecule has 2 rings (SSSR count). The molecule has 0 saturated heterocycles. The van der Waals surface area contributed by atoms with Gasteiger partial charge in [0.1, 0.15) is 11.6 Å². The number of benzene rings is 1. The summed E-state index contributed by atoms with van der Waals surface area (Å²) in [5, 5.41) is 9.95. The predicted molar refractivity (Wildman–Crippen MR) is 81.2 cm³/mol. The molecule has 1 aromatic heterocycles. The van der Waals surface area contributed by atoms with E-state index in [4.69, 9.17) is 11.6 Å². The summed E-state index contributed by atoms with van der Waals surface area (Å²) in [7, 11) is -3.85. The molecule has 0 amide bonds. The Labute approximate surface area is 128 Å². The van der Waals surface area contributed by atoms with Gasteiger partial charge in [-0.15, -0.1) is 0 Å². The number of rotatable bonds is 5. The molecule has 0 spiro atoms. The minimum Gasteiger partial charge on any atom is -0.506 e. The van der Waals surface area contributed by atoms with E-state index in [1.807, 2.05) is 6.92 Å². The number of halogens is 1. The smallest absolute Gasteiger partial charge is 0.281 e. The Hall–Kier alpha value is -1.73. The van der Waals surface area contributed by atoms with Crippen molar-refractivity contribution in [3.63, 3.8) is 0 Å². The van der Waals surface area contributed by atoms with Gasteiger partial charge >= 0.3 is 0 Å². The Balaban J connectivity index is 2.32. The first-order chi connectivity index (χ1) is 9.83. The maximum absolute atomic E-state index is 12.3. The van der Waals surface area contributed by atoms with Crippen LogP contribution in [0.25, 0.3) is 0 Å². The van der Waals surface area contributed by atoms with Gasteiger partial charge in [-0.2, -0.15) is 8.42 Å². The maximum atomic E-state index is 12.3. The molecule has 2 aromatic rings. The number of sulfonamides is 1. The molecule has 0 aliphatic rings. The van der Waals surface area contributed by atoms with Gasteiger partial charge in [-0.25, -0.2) is 4.98 Å². The van der Waals surface area contributed by atoms with Crippen molar-refractivity contribution in [3.05, 3.63) is 35.2 Å². The lowest BCUT2D eigenvalue weighted by molar-refractivity contribution is 0.477. The molecule has 114 valence electrons. The lowest BCUT2D eigenvalue weighted by Crippen LogP contribution is -2.13. The molecule has 0 atom stereocenters. The number of aromatic hydroxyl groups is 1. The minimum atomic E-state index is -3.85. The van der Waals surface area contributed by atoms with Gasteiger partial charge in [-0.05, 0) is 25.5 Å². The fraction of sp³-hybridized carbons (Fsp3) is 0.308. The van der Waals surface area contributed by atoms with Crippen LogP contribution in [0.1, 0.15) is 19.2 Å². The third kappa shape index (κ3) is 3.48. The van der Waals surface area contributed by atoms with Crippen molar-refractivity contribution in [2.45, 2.75) is 31.8 Å². The molecule has 2 N–H and O–H groups in total. The molecular formula is C13H16ClN3O3S. The van der Waals surface area contributed by atoms with E-state index in [1.165, 1.54) is 24.4 Å². The summed E-state index contributed by atoms with van der Waals surface area (Å²) in [4.78, 5) is 4.05. The number of imidazole rings is 1. The first-order valence-corrected chi connectivity index (χ1v) is 8.24. The zero-order chi connectivity index (χ0) is 15.6. The number of hydrogen-bond donors (Lipinski definition) is 2. The number of phenolic OH excluding ortho intramolecular Hbond substituents is 1. The summed E-state index contributed by atoms with van der Waals surface area (Å²) in [6, 6.07) is 4.14. The van der Waals surface area contributed by atoms with Crippen LogP contribution in [0.3, 0.4) is 0 Å². The van der Waals surface area contributed by atoms with Crippen molar-refractivity contribution in [2.24, 2.45) is 0 Å². The molecule has 6 nitrogen and oxygen atoms in total.